The molecule has 0 aliphatic rings. The van der Waals surface area contributed by atoms with Crippen LogP contribution in [0.2, 0.25) is 0 Å². The van der Waals surface area contributed by atoms with Crippen molar-refractivity contribution in [1.82, 2.24) is 29.8 Å². The second-order valence-electron chi connectivity index (χ2n) is 3.81. The monoisotopic (exact) mass is 243 g/mol. The number of hydrogen-bond donors (Lipinski definition) is 1. The van der Waals surface area contributed by atoms with E-state index in [2.05, 4.69) is 20.5 Å². The topological polar surface area (TPSA) is 104 Å². The molecule has 0 radical (unpaired) electrons. The Balaban J connectivity index is 2.13. The van der Waals surface area contributed by atoms with Crippen LogP contribution in [0.1, 0.15) is 10.4 Å². The number of carbonyl (C=O) groups excluding carboxylic acids is 1. The number of fused-ring (bicyclic) bond motifs is 1. The predicted octanol–water partition coefficient (Wildman–Crippen LogP) is -0.376. The number of aromatic nitrogens is 6. The molecule has 0 spiro atoms. The van der Waals surface area contributed by atoms with Crippen molar-refractivity contribution in [1.29, 1.82) is 0 Å². The average Bonchev–Trinajstić information content (AvgIpc) is 2.93. The SMILES string of the molecule is Cn1nnc(-c2cc3cc(C(N)=O)cnn3c2)n1. The Morgan fingerprint density at radius 1 is 1.39 bits per heavy atom. The van der Waals surface area contributed by atoms with E-state index in [1.54, 1.807) is 23.8 Å². The van der Waals surface area contributed by atoms with Crippen molar-refractivity contribution in [3.63, 3.8) is 0 Å². The van der Waals surface area contributed by atoms with Gasteiger partial charge in [0, 0.05) is 11.8 Å². The quantitative estimate of drug-likeness (QED) is 0.660. The largest absolute Gasteiger partial charge is 0.366 e. The molecule has 90 valence electrons. The number of carbonyl (C=O) groups is 1. The van der Waals surface area contributed by atoms with Gasteiger partial charge in [-0.2, -0.15) is 9.90 Å². The highest BCUT2D eigenvalue weighted by atomic mass is 16.1. The molecular weight excluding hydrogens is 234 g/mol. The second kappa shape index (κ2) is 3.62. The summed E-state index contributed by atoms with van der Waals surface area (Å²) >= 11 is 0. The standard InChI is InChI=1S/C10H9N7O/c1-16-14-10(13-15-16)7-3-8-2-6(9(11)18)4-12-17(8)5-7/h2-5H,1H3,(H2,11,18). The summed E-state index contributed by atoms with van der Waals surface area (Å²) in [7, 11) is 1.69. The number of nitrogens with two attached hydrogens (primary N) is 1. The van der Waals surface area contributed by atoms with Gasteiger partial charge in [-0.3, -0.25) is 4.79 Å². The third-order valence-electron chi connectivity index (χ3n) is 2.50. The number of nitrogens with zero attached hydrogens (tertiary/aromatic N) is 6. The van der Waals surface area contributed by atoms with Gasteiger partial charge < -0.3 is 5.73 Å². The van der Waals surface area contributed by atoms with Crippen LogP contribution in [0.5, 0.6) is 0 Å². The molecule has 0 saturated carbocycles. The lowest BCUT2D eigenvalue weighted by molar-refractivity contribution is 0.1000. The summed E-state index contributed by atoms with van der Waals surface area (Å²) < 4.78 is 1.62. The highest BCUT2D eigenvalue weighted by molar-refractivity contribution is 5.93. The minimum Gasteiger partial charge on any atom is -0.366 e. The van der Waals surface area contributed by atoms with Gasteiger partial charge in [-0.05, 0) is 17.3 Å². The van der Waals surface area contributed by atoms with Gasteiger partial charge in [-0.25, -0.2) is 4.52 Å². The van der Waals surface area contributed by atoms with Crippen LogP contribution >= 0.6 is 0 Å². The molecule has 3 rings (SSSR count). The number of amides is 1. The average molecular weight is 243 g/mol. The van der Waals surface area contributed by atoms with Crippen LogP contribution in [0.3, 0.4) is 0 Å². The highest BCUT2D eigenvalue weighted by Gasteiger charge is 2.09. The fraction of sp³-hybridized carbons (Fsp3) is 0.100. The predicted molar refractivity (Wildman–Crippen MR) is 61.5 cm³/mol. The third kappa shape index (κ3) is 1.59. The molecule has 1 amide bonds. The first-order valence-corrected chi connectivity index (χ1v) is 5.16. The normalized spacial score (nSPS) is 10.9. The molecule has 3 aromatic heterocycles. The number of tetrazole rings is 1. The van der Waals surface area contributed by atoms with Crippen LogP contribution in [0.4, 0.5) is 0 Å². The Morgan fingerprint density at radius 3 is 2.89 bits per heavy atom. The Bertz CT molecular complexity index is 742. The summed E-state index contributed by atoms with van der Waals surface area (Å²) in [4.78, 5) is 12.4. The van der Waals surface area contributed by atoms with Crippen molar-refractivity contribution < 1.29 is 4.79 Å². The Hall–Kier alpha value is -2.77. The Morgan fingerprint density at radius 2 is 2.22 bits per heavy atom. The van der Waals surface area contributed by atoms with Crippen molar-refractivity contribution in [2.75, 3.05) is 0 Å². The van der Waals surface area contributed by atoms with Gasteiger partial charge in [0.1, 0.15) is 0 Å². The van der Waals surface area contributed by atoms with E-state index in [0.717, 1.165) is 11.1 Å². The van der Waals surface area contributed by atoms with Crippen molar-refractivity contribution in [2.24, 2.45) is 12.8 Å². The molecule has 0 bridgehead atoms. The zero-order valence-corrected chi connectivity index (χ0v) is 9.48. The van der Waals surface area contributed by atoms with E-state index in [9.17, 15) is 4.79 Å². The van der Waals surface area contributed by atoms with E-state index in [-0.39, 0.29) is 0 Å². The summed E-state index contributed by atoms with van der Waals surface area (Å²) in [6, 6.07) is 3.48. The molecular formula is C10H9N7O. The molecule has 0 aromatic carbocycles. The first-order valence-electron chi connectivity index (χ1n) is 5.16. The lowest BCUT2D eigenvalue weighted by Gasteiger charge is -1.95. The van der Waals surface area contributed by atoms with Crippen molar-refractivity contribution in [3.8, 4) is 11.4 Å². The summed E-state index contributed by atoms with van der Waals surface area (Å²) in [5.74, 6) is -0.00555. The fourth-order valence-electron chi connectivity index (χ4n) is 1.65. The van der Waals surface area contributed by atoms with E-state index >= 15 is 0 Å². The van der Waals surface area contributed by atoms with Gasteiger partial charge in [0.2, 0.25) is 11.7 Å². The first-order chi connectivity index (χ1) is 8.63. The van der Waals surface area contributed by atoms with E-state index < -0.39 is 5.91 Å². The van der Waals surface area contributed by atoms with E-state index in [4.69, 9.17) is 5.73 Å². The lowest BCUT2D eigenvalue weighted by Crippen LogP contribution is -2.11. The molecule has 3 heterocycles. The van der Waals surface area contributed by atoms with Crippen molar-refractivity contribution in [2.45, 2.75) is 0 Å². The third-order valence-corrected chi connectivity index (χ3v) is 2.50. The van der Waals surface area contributed by atoms with Crippen molar-refractivity contribution in [3.05, 3.63) is 30.1 Å². The molecule has 3 aromatic rings. The van der Waals surface area contributed by atoms with Gasteiger partial charge in [0.05, 0.1) is 24.3 Å². The van der Waals surface area contributed by atoms with Gasteiger partial charge in [0.25, 0.3) is 0 Å². The fourth-order valence-corrected chi connectivity index (χ4v) is 1.65. The minimum absolute atomic E-state index is 0.360. The summed E-state index contributed by atoms with van der Waals surface area (Å²) in [6.07, 6.45) is 3.18. The van der Waals surface area contributed by atoms with Crippen LogP contribution in [0.25, 0.3) is 16.9 Å². The van der Waals surface area contributed by atoms with Crippen LogP contribution in [0.15, 0.2) is 24.5 Å². The molecule has 0 saturated heterocycles. The number of aryl methyl sites for hydroxylation is 1. The molecule has 18 heavy (non-hydrogen) atoms. The van der Waals surface area contributed by atoms with Crippen LogP contribution in [-0.4, -0.2) is 35.7 Å². The smallest absolute Gasteiger partial charge is 0.250 e. The summed E-state index contributed by atoms with van der Waals surface area (Å²) in [6.45, 7) is 0. The zero-order chi connectivity index (χ0) is 12.7. The number of primary amides is 1. The molecule has 0 unspecified atom stereocenters. The first kappa shape index (κ1) is 10.4. The van der Waals surface area contributed by atoms with Crippen molar-refractivity contribution >= 4 is 11.4 Å². The number of hydrogen-bond acceptors (Lipinski definition) is 5. The van der Waals surface area contributed by atoms with E-state index in [1.807, 2.05) is 6.07 Å². The Kier molecular flexibility index (Phi) is 2.09. The van der Waals surface area contributed by atoms with Gasteiger partial charge in [-0.15, -0.1) is 10.2 Å². The molecule has 8 heteroatoms. The zero-order valence-electron chi connectivity index (χ0n) is 9.48. The maximum absolute atomic E-state index is 11.1. The van der Waals surface area contributed by atoms with Gasteiger partial charge >= 0.3 is 0 Å². The molecule has 0 aliphatic carbocycles. The van der Waals surface area contributed by atoms with E-state index in [0.29, 0.717) is 11.4 Å². The molecule has 0 aliphatic heterocycles. The summed E-state index contributed by atoms with van der Waals surface area (Å²) in [5, 5.41) is 15.9. The van der Waals surface area contributed by atoms with Crippen LogP contribution in [-0.2, 0) is 7.05 Å². The molecule has 0 fully saturated rings. The molecule has 2 N–H and O–H groups in total. The Labute approximate surface area is 101 Å². The van der Waals surface area contributed by atoms with E-state index in [1.165, 1.54) is 11.0 Å². The second-order valence-corrected chi connectivity index (χ2v) is 3.81. The summed E-state index contributed by atoms with van der Waals surface area (Å²) in [5.41, 5.74) is 7.08. The highest BCUT2D eigenvalue weighted by Crippen LogP contribution is 2.18. The lowest BCUT2D eigenvalue weighted by atomic mass is 10.2. The van der Waals surface area contributed by atoms with Crippen LogP contribution in [0, 0.1) is 0 Å². The maximum atomic E-state index is 11.1. The van der Waals surface area contributed by atoms with Crippen LogP contribution < -0.4 is 5.73 Å². The number of rotatable bonds is 2. The molecule has 0 atom stereocenters. The molecule has 8 nitrogen and oxygen atoms in total. The maximum Gasteiger partial charge on any atom is 0.250 e. The van der Waals surface area contributed by atoms with Gasteiger partial charge in [-0.1, -0.05) is 0 Å². The minimum atomic E-state index is -0.509. The van der Waals surface area contributed by atoms with Gasteiger partial charge in [0.15, 0.2) is 0 Å².